The van der Waals surface area contributed by atoms with Crippen molar-refractivity contribution in [1.29, 1.82) is 0 Å². The van der Waals surface area contributed by atoms with E-state index in [1.54, 1.807) is 13.2 Å². The van der Waals surface area contributed by atoms with Gasteiger partial charge in [0.2, 0.25) is 5.56 Å². The average Bonchev–Trinajstić information content (AvgIpc) is 2.55. The van der Waals surface area contributed by atoms with Crippen LogP contribution in [0.3, 0.4) is 0 Å². The van der Waals surface area contributed by atoms with E-state index in [4.69, 9.17) is 5.73 Å². The molecule has 6 nitrogen and oxygen atoms in total. The Morgan fingerprint density at radius 3 is 2.87 bits per heavy atom. The molecule has 0 aliphatic carbocycles. The van der Waals surface area contributed by atoms with Gasteiger partial charge in [-0.05, 0) is 29.1 Å². The van der Waals surface area contributed by atoms with Crippen LogP contribution in [-0.2, 0) is 13.6 Å². The number of amides is 1. The fourth-order valence-corrected chi connectivity index (χ4v) is 2.37. The molecule has 0 radical (unpaired) electrons. The monoisotopic (exact) mass is 308 g/mol. The number of nitrogens with one attached hydrogen (secondary N) is 1. The lowest BCUT2D eigenvalue weighted by Crippen LogP contribution is -2.25. The number of nitrogens with zero attached hydrogens (tertiary/aromatic N) is 2. The Morgan fingerprint density at radius 1 is 1.26 bits per heavy atom. The van der Waals surface area contributed by atoms with Gasteiger partial charge in [-0.1, -0.05) is 12.1 Å². The summed E-state index contributed by atoms with van der Waals surface area (Å²) in [6, 6.07) is 10.5. The van der Waals surface area contributed by atoms with Crippen LogP contribution in [0.5, 0.6) is 0 Å². The SMILES string of the molecule is Cn1cc(C(=O)NCc2ccc3c(N)nccc3c2)ccc1=O. The predicted octanol–water partition coefficient (Wildman–Crippen LogP) is 1.45. The average molecular weight is 308 g/mol. The van der Waals surface area contributed by atoms with Gasteiger partial charge in [0, 0.05) is 37.4 Å². The molecule has 0 spiro atoms. The van der Waals surface area contributed by atoms with Crippen LogP contribution < -0.4 is 16.6 Å². The van der Waals surface area contributed by atoms with Gasteiger partial charge in [-0.15, -0.1) is 0 Å². The van der Waals surface area contributed by atoms with Crippen LogP contribution in [0.25, 0.3) is 10.8 Å². The zero-order valence-corrected chi connectivity index (χ0v) is 12.6. The molecule has 6 heteroatoms. The van der Waals surface area contributed by atoms with Gasteiger partial charge < -0.3 is 15.6 Å². The number of nitrogen functional groups attached to an aromatic ring is 1. The lowest BCUT2D eigenvalue weighted by Gasteiger charge is -2.08. The molecular weight excluding hydrogens is 292 g/mol. The van der Waals surface area contributed by atoms with Crippen molar-refractivity contribution in [2.24, 2.45) is 7.05 Å². The Bertz CT molecular complexity index is 947. The molecule has 0 aliphatic heterocycles. The first kappa shape index (κ1) is 14.8. The minimum absolute atomic E-state index is 0.151. The van der Waals surface area contributed by atoms with Crippen molar-refractivity contribution in [3.05, 3.63) is 70.3 Å². The molecule has 0 saturated carbocycles. The van der Waals surface area contributed by atoms with E-state index in [2.05, 4.69) is 10.3 Å². The summed E-state index contributed by atoms with van der Waals surface area (Å²) in [4.78, 5) is 27.5. The number of pyridine rings is 2. The molecule has 0 fully saturated rings. The van der Waals surface area contributed by atoms with Gasteiger partial charge in [0.25, 0.3) is 5.91 Å². The molecule has 0 aliphatic rings. The molecule has 0 bridgehead atoms. The number of rotatable bonds is 3. The Kier molecular flexibility index (Phi) is 3.80. The fraction of sp³-hybridized carbons (Fsp3) is 0.118. The second-order valence-electron chi connectivity index (χ2n) is 5.30. The summed E-state index contributed by atoms with van der Waals surface area (Å²) in [6.45, 7) is 0.389. The van der Waals surface area contributed by atoms with E-state index < -0.39 is 0 Å². The molecular formula is C17H16N4O2. The number of aryl methyl sites for hydroxylation is 1. The second-order valence-corrected chi connectivity index (χ2v) is 5.30. The van der Waals surface area contributed by atoms with Gasteiger partial charge in [0.1, 0.15) is 5.82 Å². The van der Waals surface area contributed by atoms with Gasteiger partial charge in [-0.25, -0.2) is 4.98 Å². The zero-order chi connectivity index (χ0) is 16.4. The number of hydrogen-bond donors (Lipinski definition) is 2. The maximum Gasteiger partial charge on any atom is 0.253 e. The van der Waals surface area contributed by atoms with E-state index in [1.165, 1.54) is 22.9 Å². The van der Waals surface area contributed by atoms with E-state index in [-0.39, 0.29) is 11.5 Å². The van der Waals surface area contributed by atoms with Crippen LogP contribution >= 0.6 is 0 Å². The molecule has 1 aromatic carbocycles. The van der Waals surface area contributed by atoms with Crippen molar-refractivity contribution in [2.75, 3.05) is 5.73 Å². The van der Waals surface area contributed by atoms with Crippen molar-refractivity contribution >= 4 is 22.5 Å². The molecule has 3 aromatic rings. The molecule has 0 atom stereocenters. The van der Waals surface area contributed by atoms with Crippen molar-refractivity contribution in [1.82, 2.24) is 14.9 Å². The second kappa shape index (κ2) is 5.92. The minimum atomic E-state index is -0.227. The third kappa shape index (κ3) is 3.06. The van der Waals surface area contributed by atoms with Crippen LogP contribution in [0.4, 0.5) is 5.82 Å². The van der Waals surface area contributed by atoms with Gasteiger partial charge >= 0.3 is 0 Å². The number of anilines is 1. The van der Waals surface area contributed by atoms with Gasteiger partial charge in [-0.3, -0.25) is 9.59 Å². The third-order valence-electron chi connectivity index (χ3n) is 3.66. The number of benzene rings is 1. The van der Waals surface area contributed by atoms with E-state index in [0.717, 1.165) is 16.3 Å². The highest BCUT2D eigenvalue weighted by molar-refractivity contribution is 5.94. The third-order valence-corrected chi connectivity index (χ3v) is 3.66. The van der Waals surface area contributed by atoms with E-state index in [1.807, 2.05) is 24.3 Å². The molecule has 3 rings (SSSR count). The van der Waals surface area contributed by atoms with Crippen LogP contribution in [0, 0.1) is 0 Å². The van der Waals surface area contributed by atoms with Crippen molar-refractivity contribution < 1.29 is 4.79 Å². The summed E-state index contributed by atoms with van der Waals surface area (Å²) >= 11 is 0. The molecule has 2 aromatic heterocycles. The number of aromatic nitrogens is 2. The Balaban J connectivity index is 1.76. The number of hydrogen-bond acceptors (Lipinski definition) is 4. The summed E-state index contributed by atoms with van der Waals surface area (Å²) in [6.07, 6.45) is 3.18. The lowest BCUT2D eigenvalue weighted by atomic mass is 10.1. The minimum Gasteiger partial charge on any atom is -0.383 e. The van der Waals surface area contributed by atoms with Crippen molar-refractivity contribution in [2.45, 2.75) is 6.54 Å². The summed E-state index contributed by atoms with van der Waals surface area (Å²) in [5.41, 5.74) is 7.08. The quantitative estimate of drug-likeness (QED) is 0.766. The highest BCUT2D eigenvalue weighted by Gasteiger charge is 2.07. The van der Waals surface area contributed by atoms with Crippen LogP contribution in [0.2, 0.25) is 0 Å². The maximum absolute atomic E-state index is 12.1. The molecule has 2 heterocycles. The smallest absolute Gasteiger partial charge is 0.253 e. The molecule has 1 amide bonds. The molecule has 116 valence electrons. The Morgan fingerprint density at radius 2 is 2.09 bits per heavy atom. The number of carbonyl (C=O) groups is 1. The highest BCUT2D eigenvalue weighted by Crippen LogP contribution is 2.19. The van der Waals surface area contributed by atoms with Crippen molar-refractivity contribution in [3.63, 3.8) is 0 Å². The predicted molar refractivity (Wildman–Crippen MR) is 89.0 cm³/mol. The standard InChI is InChI=1S/C17H16N4O2/c1-21-10-13(3-5-15(21)22)17(23)20-9-11-2-4-14-12(8-11)6-7-19-16(14)18/h2-8,10H,9H2,1H3,(H2,18,19)(H,20,23). The van der Waals surface area contributed by atoms with Gasteiger partial charge in [0.15, 0.2) is 0 Å². The summed E-state index contributed by atoms with van der Waals surface area (Å²) < 4.78 is 1.38. The topological polar surface area (TPSA) is 90.0 Å². The summed E-state index contributed by atoms with van der Waals surface area (Å²) in [5.74, 6) is 0.262. The molecule has 0 unspecified atom stereocenters. The van der Waals surface area contributed by atoms with Gasteiger partial charge in [0.05, 0.1) is 5.56 Å². The Hall–Kier alpha value is -3.15. The first-order valence-electron chi connectivity index (χ1n) is 7.12. The van der Waals surface area contributed by atoms with Crippen LogP contribution in [0.15, 0.2) is 53.6 Å². The zero-order valence-electron chi connectivity index (χ0n) is 12.6. The van der Waals surface area contributed by atoms with Crippen molar-refractivity contribution in [3.8, 4) is 0 Å². The first-order chi connectivity index (χ1) is 11.0. The highest BCUT2D eigenvalue weighted by atomic mass is 16.2. The maximum atomic E-state index is 12.1. The summed E-state index contributed by atoms with van der Waals surface area (Å²) in [7, 11) is 1.61. The Labute approximate surface area is 132 Å². The lowest BCUT2D eigenvalue weighted by molar-refractivity contribution is 0.0950. The molecule has 23 heavy (non-hydrogen) atoms. The van der Waals surface area contributed by atoms with E-state index in [9.17, 15) is 9.59 Å². The largest absolute Gasteiger partial charge is 0.383 e. The molecule has 3 N–H and O–H groups in total. The van der Waals surface area contributed by atoms with Crippen LogP contribution in [-0.4, -0.2) is 15.5 Å². The number of carbonyl (C=O) groups excluding carboxylic acids is 1. The first-order valence-corrected chi connectivity index (χ1v) is 7.12. The van der Waals surface area contributed by atoms with Crippen LogP contribution in [0.1, 0.15) is 15.9 Å². The van der Waals surface area contributed by atoms with E-state index >= 15 is 0 Å². The van der Waals surface area contributed by atoms with Gasteiger partial charge in [-0.2, -0.15) is 0 Å². The fourth-order valence-electron chi connectivity index (χ4n) is 2.37. The van der Waals surface area contributed by atoms with E-state index in [0.29, 0.717) is 17.9 Å². The number of nitrogens with two attached hydrogens (primary N) is 1. The number of fused-ring (bicyclic) bond motifs is 1. The molecule has 0 saturated heterocycles. The summed E-state index contributed by atoms with van der Waals surface area (Å²) in [5, 5.41) is 4.71. The normalized spacial score (nSPS) is 10.7.